The number of aromatic nitrogens is 2. The summed E-state index contributed by atoms with van der Waals surface area (Å²) < 4.78 is 15.1. The third kappa shape index (κ3) is 4.97. The van der Waals surface area contributed by atoms with Gasteiger partial charge < -0.3 is 19.8 Å². The van der Waals surface area contributed by atoms with Crippen molar-refractivity contribution in [3.05, 3.63) is 60.0 Å². The summed E-state index contributed by atoms with van der Waals surface area (Å²) in [6.07, 6.45) is 3.41. The fourth-order valence-electron chi connectivity index (χ4n) is 3.67. The number of fused-ring (bicyclic) bond motifs is 1. The quantitative estimate of drug-likeness (QED) is 0.372. The van der Waals surface area contributed by atoms with Gasteiger partial charge in [-0.05, 0) is 32.3 Å². The second-order valence-electron chi connectivity index (χ2n) is 7.55. The van der Waals surface area contributed by atoms with Crippen molar-refractivity contribution in [3.8, 4) is 17.0 Å². The Labute approximate surface area is 192 Å². The van der Waals surface area contributed by atoms with Crippen molar-refractivity contribution < 1.29 is 14.3 Å². The first-order valence-electron chi connectivity index (χ1n) is 10.3. The molecule has 0 aliphatic carbocycles. The molecule has 0 fully saturated rings. The van der Waals surface area contributed by atoms with Gasteiger partial charge in [0.05, 0.1) is 42.8 Å². The summed E-state index contributed by atoms with van der Waals surface area (Å²) in [4.78, 5) is 21.0. The molecule has 0 spiro atoms. The highest BCUT2D eigenvalue weighted by molar-refractivity contribution is 7.94. The van der Waals surface area contributed by atoms with E-state index in [1.807, 2.05) is 59.1 Å². The maximum absolute atomic E-state index is 13.2. The summed E-state index contributed by atoms with van der Waals surface area (Å²) in [5.74, 6) is 0.698. The highest BCUT2D eigenvalue weighted by Crippen LogP contribution is 2.41. The van der Waals surface area contributed by atoms with Crippen LogP contribution in [0.25, 0.3) is 11.3 Å². The van der Waals surface area contributed by atoms with Gasteiger partial charge in [-0.25, -0.2) is 8.61 Å². The summed E-state index contributed by atoms with van der Waals surface area (Å²) in [5.41, 5.74) is 4.88. The van der Waals surface area contributed by atoms with Crippen LogP contribution >= 0.6 is 12.1 Å². The lowest BCUT2D eigenvalue weighted by Crippen LogP contribution is -2.32. The molecule has 8 nitrogen and oxygen atoms in total. The van der Waals surface area contributed by atoms with Crippen LogP contribution < -0.4 is 10.1 Å². The average Bonchev–Trinajstić information content (AvgIpc) is 3.13. The summed E-state index contributed by atoms with van der Waals surface area (Å²) in [6, 6.07) is 11.7. The Kier molecular flexibility index (Phi) is 7.11. The molecule has 2 N–H and O–H groups in total. The van der Waals surface area contributed by atoms with Crippen LogP contribution in [0.5, 0.6) is 5.75 Å². The molecule has 3 heterocycles. The van der Waals surface area contributed by atoms with Crippen molar-refractivity contribution in [2.45, 2.75) is 6.54 Å². The number of hydrogen-bond donors (Lipinski definition) is 2. The predicted molar refractivity (Wildman–Crippen MR) is 127 cm³/mol. The Bertz CT molecular complexity index is 1070. The van der Waals surface area contributed by atoms with E-state index in [4.69, 9.17) is 9.47 Å². The molecular weight excluding hydrogens is 426 g/mol. The first-order chi connectivity index (χ1) is 15.6. The fourth-order valence-corrected chi connectivity index (χ4v) is 4.49. The molecule has 1 aliphatic rings. The van der Waals surface area contributed by atoms with E-state index in [1.165, 1.54) is 12.1 Å². The van der Waals surface area contributed by atoms with Crippen molar-refractivity contribution in [2.75, 3.05) is 46.3 Å². The minimum atomic E-state index is 0.0671. The van der Waals surface area contributed by atoms with Crippen LogP contribution in [0.15, 0.2) is 48.8 Å². The maximum atomic E-state index is 13.2. The number of methoxy groups -OCH3 is 1. The number of nitrogens with one attached hydrogen (secondary N) is 2. The minimum Gasteiger partial charge on any atom is -0.489 e. The Morgan fingerprint density at radius 2 is 2.00 bits per heavy atom. The van der Waals surface area contributed by atoms with Crippen LogP contribution in [-0.2, 0) is 11.3 Å². The molecule has 9 heteroatoms. The average molecular weight is 454 g/mol. The van der Waals surface area contributed by atoms with Gasteiger partial charge in [-0.1, -0.05) is 18.2 Å². The first-order valence-corrected chi connectivity index (χ1v) is 11.1. The number of anilines is 2. The standard InChI is InChI=1S/C23H27N5O3S/c1-27(2)32-28-14-18-21(19(29)15-28)23(25-16-7-5-4-6-8-16)22(26-18)17-9-10-24-13-20(17)31-12-11-30-3/h4-10,13,25-26H,11-12,14-15H2,1-3H3. The van der Waals surface area contributed by atoms with Crippen molar-refractivity contribution in [1.29, 1.82) is 0 Å². The molecule has 32 heavy (non-hydrogen) atoms. The lowest BCUT2D eigenvalue weighted by Gasteiger charge is -2.27. The Hall–Kier alpha value is -2.85. The number of para-hydroxylation sites is 1. The van der Waals surface area contributed by atoms with Crippen molar-refractivity contribution >= 4 is 29.3 Å². The smallest absolute Gasteiger partial charge is 0.181 e. The molecule has 0 radical (unpaired) electrons. The predicted octanol–water partition coefficient (Wildman–Crippen LogP) is 3.97. The first kappa shape index (κ1) is 22.3. The molecule has 0 bridgehead atoms. The van der Waals surface area contributed by atoms with Gasteiger partial charge in [-0.15, -0.1) is 0 Å². The lowest BCUT2D eigenvalue weighted by molar-refractivity contribution is 0.0954. The number of carbonyl (C=O) groups is 1. The van der Waals surface area contributed by atoms with Gasteiger partial charge in [-0.3, -0.25) is 9.78 Å². The summed E-state index contributed by atoms with van der Waals surface area (Å²) in [7, 11) is 5.57. The van der Waals surface area contributed by atoms with Gasteiger partial charge in [-0.2, -0.15) is 0 Å². The number of ketones is 1. The topological polar surface area (TPSA) is 82.7 Å². The van der Waals surface area contributed by atoms with Crippen molar-refractivity contribution in [3.63, 3.8) is 0 Å². The molecule has 0 saturated heterocycles. The number of carbonyl (C=O) groups excluding carboxylic acids is 1. The highest BCUT2D eigenvalue weighted by Gasteiger charge is 2.32. The zero-order chi connectivity index (χ0) is 22.5. The molecule has 4 rings (SSSR count). The molecule has 168 valence electrons. The molecule has 0 saturated carbocycles. The Morgan fingerprint density at radius 3 is 2.75 bits per heavy atom. The van der Waals surface area contributed by atoms with E-state index in [2.05, 4.69) is 15.3 Å². The number of hydrogen-bond acceptors (Lipinski definition) is 8. The number of aromatic amines is 1. The summed E-state index contributed by atoms with van der Waals surface area (Å²) >= 11 is 1.53. The van der Waals surface area contributed by atoms with E-state index < -0.39 is 0 Å². The van der Waals surface area contributed by atoms with Crippen LogP contribution in [-0.4, -0.2) is 65.3 Å². The lowest BCUT2D eigenvalue weighted by atomic mass is 10.0. The molecule has 1 aromatic carbocycles. The molecule has 2 aromatic heterocycles. The molecule has 0 amide bonds. The van der Waals surface area contributed by atoms with Gasteiger partial charge in [0, 0.05) is 42.4 Å². The van der Waals surface area contributed by atoms with E-state index in [1.54, 1.807) is 19.5 Å². The van der Waals surface area contributed by atoms with Crippen LogP contribution in [0.1, 0.15) is 16.1 Å². The zero-order valence-corrected chi connectivity index (χ0v) is 19.2. The Morgan fingerprint density at radius 1 is 1.19 bits per heavy atom. The van der Waals surface area contributed by atoms with Gasteiger partial charge in [0.15, 0.2) is 5.78 Å². The third-order valence-corrected chi connectivity index (χ3v) is 5.75. The second kappa shape index (κ2) is 10.2. The molecule has 3 aromatic rings. The number of nitrogens with zero attached hydrogens (tertiary/aromatic N) is 3. The van der Waals surface area contributed by atoms with Crippen LogP contribution in [0, 0.1) is 0 Å². The SMILES string of the molecule is COCCOc1cnccc1-c1[nH]c2c(c1Nc1ccccc1)C(=O)CN(SN(C)C)C2. The summed E-state index contributed by atoms with van der Waals surface area (Å²) in [6.45, 7) is 1.84. The highest BCUT2D eigenvalue weighted by atomic mass is 32.2. The molecule has 0 atom stereocenters. The maximum Gasteiger partial charge on any atom is 0.181 e. The largest absolute Gasteiger partial charge is 0.489 e. The van der Waals surface area contributed by atoms with Gasteiger partial charge in [0.25, 0.3) is 0 Å². The Balaban J connectivity index is 1.78. The molecule has 1 aliphatic heterocycles. The third-order valence-electron chi connectivity index (χ3n) is 4.93. The number of benzene rings is 1. The van der Waals surface area contributed by atoms with E-state index >= 15 is 0 Å². The number of rotatable bonds is 9. The van der Waals surface area contributed by atoms with Gasteiger partial charge in [0.2, 0.25) is 0 Å². The number of Topliss-reactive ketones (excluding diaryl/α,β-unsaturated/α-hetero) is 1. The number of H-pyrrole nitrogens is 1. The van der Waals surface area contributed by atoms with Crippen LogP contribution in [0.3, 0.4) is 0 Å². The van der Waals surface area contributed by atoms with E-state index in [-0.39, 0.29) is 5.78 Å². The van der Waals surface area contributed by atoms with E-state index in [0.717, 1.165) is 28.3 Å². The van der Waals surface area contributed by atoms with Crippen molar-refractivity contribution in [1.82, 2.24) is 18.6 Å². The van der Waals surface area contributed by atoms with Gasteiger partial charge >= 0.3 is 0 Å². The normalized spacial score (nSPS) is 13.9. The monoisotopic (exact) mass is 453 g/mol. The van der Waals surface area contributed by atoms with Crippen LogP contribution in [0.4, 0.5) is 11.4 Å². The number of pyridine rings is 1. The molecular formula is C23H27N5O3S. The minimum absolute atomic E-state index is 0.0671. The summed E-state index contributed by atoms with van der Waals surface area (Å²) in [5, 5.41) is 3.47. The molecule has 0 unspecified atom stereocenters. The fraction of sp³-hybridized carbons (Fsp3) is 0.304. The zero-order valence-electron chi connectivity index (χ0n) is 18.4. The van der Waals surface area contributed by atoms with E-state index in [0.29, 0.717) is 37.6 Å². The van der Waals surface area contributed by atoms with Gasteiger partial charge in [0.1, 0.15) is 12.4 Å². The van der Waals surface area contributed by atoms with Crippen LogP contribution in [0.2, 0.25) is 0 Å². The number of ether oxygens (including phenoxy) is 2. The van der Waals surface area contributed by atoms with Crippen molar-refractivity contribution in [2.24, 2.45) is 0 Å². The van der Waals surface area contributed by atoms with E-state index in [9.17, 15) is 4.79 Å². The second-order valence-corrected chi connectivity index (χ2v) is 8.96.